The van der Waals surface area contributed by atoms with Gasteiger partial charge in [-0.15, -0.1) is 0 Å². The third kappa shape index (κ3) is 2.69. The van der Waals surface area contributed by atoms with E-state index in [4.69, 9.17) is 4.74 Å². The summed E-state index contributed by atoms with van der Waals surface area (Å²) in [5, 5.41) is 0. The van der Waals surface area contributed by atoms with Crippen LogP contribution in [0, 0.1) is 0 Å². The largest absolute Gasteiger partial charge is 0.494 e. The summed E-state index contributed by atoms with van der Waals surface area (Å²) < 4.78 is 5.41. The highest BCUT2D eigenvalue weighted by molar-refractivity contribution is 5.84. The van der Waals surface area contributed by atoms with E-state index >= 15 is 0 Å². The summed E-state index contributed by atoms with van der Waals surface area (Å²) in [4.78, 5) is 11.7. The van der Waals surface area contributed by atoms with Gasteiger partial charge >= 0.3 is 0 Å². The number of benzene rings is 2. The van der Waals surface area contributed by atoms with Gasteiger partial charge in [-0.25, -0.2) is 4.98 Å². The molecule has 0 saturated heterocycles. The second-order valence-electron chi connectivity index (χ2n) is 4.36. The molecule has 0 saturated carbocycles. The summed E-state index contributed by atoms with van der Waals surface area (Å²) in [5.74, 6) is 0.878. The Balaban J connectivity index is 1.78. The first-order valence-corrected chi connectivity index (χ1v) is 6.55. The molecule has 0 aliphatic carbocycles. The Kier molecular flexibility index (Phi) is 3.46. The van der Waals surface area contributed by atoms with Crippen LogP contribution in [0.3, 0.4) is 0 Å². The fraction of sp³-hybridized carbons (Fsp3) is 0.125. The van der Waals surface area contributed by atoms with Crippen molar-refractivity contribution in [2.45, 2.75) is 6.92 Å². The number of rotatable bonds is 4. The molecule has 0 spiro atoms. The van der Waals surface area contributed by atoms with E-state index in [0.717, 1.165) is 28.0 Å². The Hall–Kier alpha value is -2.62. The Morgan fingerprint density at radius 1 is 1.20 bits per heavy atom. The van der Waals surface area contributed by atoms with Gasteiger partial charge < -0.3 is 9.72 Å². The van der Waals surface area contributed by atoms with E-state index < -0.39 is 0 Å². The van der Waals surface area contributed by atoms with Crippen LogP contribution in [0.4, 0.5) is 5.69 Å². The van der Waals surface area contributed by atoms with Crippen LogP contribution >= 0.6 is 0 Å². The highest BCUT2D eigenvalue weighted by atomic mass is 16.5. The SMILES string of the molecule is CCOc1ccc(C=Nc2ccc3nc[nH]c3c2)cc1. The minimum Gasteiger partial charge on any atom is -0.494 e. The number of nitrogens with one attached hydrogen (secondary N) is 1. The lowest BCUT2D eigenvalue weighted by atomic mass is 10.2. The van der Waals surface area contributed by atoms with Gasteiger partial charge in [0.2, 0.25) is 0 Å². The van der Waals surface area contributed by atoms with Crippen molar-refractivity contribution in [2.75, 3.05) is 6.61 Å². The van der Waals surface area contributed by atoms with E-state index in [1.807, 2.05) is 55.6 Å². The van der Waals surface area contributed by atoms with Crippen LogP contribution in [0.2, 0.25) is 0 Å². The highest BCUT2D eigenvalue weighted by Gasteiger charge is 1.97. The molecular formula is C16H15N3O. The van der Waals surface area contributed by atoms with Gasteiger partial charge in [0, 0.05) is 6.21 Å². The molecule has 2 aromatic carbocycles. The third-order valence-corrected chi connectivity index (χ3v) is 2.96. The number of aromatic amines is 1. The van der Waals surface area contributed by atoms with E-state index in [1.54, 1.807) is 6.33 Å². The molecule has 1 heterocycles. The monoisotopic (exact) mass is 265 g/mol. The molecular weight excluding hydrogens is 250 g/mol. The zero-order valence-electron chi connectivity index (χ0n) is 11.2. The standard InChI is InChI=1S/C16H15N3O/c1-2-20-14-6-3-12(4-7-14)10-17-13-5-8-15-16(9-13)19-11-18-15/h3-11H,2H2,1H3,(H,18,19). The number of hydrogen-bond acceptors (Lipinski definition) is 3. The van der Waals surface area contributed by atoms with Crippen molar-refractivity contribution in [2.24, 2.45) is 4.99 Å². The van der Waals surface area contributed by atoms with Crippen LogP contribution in [-0.2, 0) is 0 Å². The van der Waals surface area contributed by atoms with Crippen molar-refractivity contribution < 1.29 is 4.74 Å². The topological polar surface area (TPSA) is 50.3 Å². The zero-order valence-corrected chi connectivity index (χ0v) is 11.2. The molecule has 4 heteroatoms. The molecule has 0 amide bonds. The molecule has 1 aromatic heterocycles. The molecule has 3 aromatic rings. The molecule has 0 aliphatic heterocycles. The molecule has 0 atom stereocenters. The van der Waals surface area contributed by atoms with Gasteiger partial charge in [0.05, 0.1) is 29.7 Å². The third-order valence-electron chi connectivity index (χ3n) is 2.96. The summed E-state index contributed by atoms with van der Waals surface area (Å²) in [6.07, 6.45) is 3.53. The smallest absolute Gasteiger partial charge is 0.119 e. The van der Waals surface area contributed by atoms with Crippen LogP contribution in [0.15, 0.2) is 53.8 Å². The lowest BCUT2D eigenvalue weighted by Gasteiger charge is -2.02. The predicted molar refractivity (Wildman–Crippen MR) is 81.0 cm³/mol. The molecule has 20 heavy (non-hydrogen) atoms. The van der Waals surface area contributed by atoms with Crippen LogP contribution in [0.25, 0.3) is 11.0 Å². The van der Waals surface area contributed by atoms with Crippen LogP contribution in [0.1, 0.15) is 12.5 Å². The molecule has 0 bridgehead atoms. The second kappa shape index (κ2) is 5.57. The fourth-order valence-electron chi connectivity index (χ4n) is 1.97. The Morgan fingerprint density at radius 2 is 2.05 bits per heavy atom. The summed E-state index contributed by atoms with van der Waals surface area (Å²) in [5.41, 5.74) is 3.88. The molecule has 0 unspecified atom stereocenters. The number of imidazole rings is 1. The Morgan fingerprint density at radius 3 is 2.85 bits per heavy atom. The Labute approximate surface area is 117 Å². The van der Waals surface area contributed by atoms with Crippen molar-refractivity contribution in [3.8, 4) is 5.75 Å². The molecule has 3 rings (SSSR count). The predicted octanol–water partition coefficient (Wildman–Crippen LogP) is 3.71. The number of aliphatic imine (C=N–C) groups is 1. The number of nitrogens with zero attached hydrogens (tertiary/aromatic N) is 2. The van der Waals surface area contributed by atoms with E-state index in [1.165, 1.54) is 0 Å². The first-order chi connectivity index (χ1) is 9.85. The first-order valence-electron chi connectivity index (χ1n) is 6.55. The summed E-state index contributed by atoms with van der Waals surface area (Å²) >= 11 is 0. The molecule has 100 valence electrons. The lowest BCUT2D eigenvalue weighted by Crippen LogP contribution is -1.91. The number of fused-ring (bicyclic) bond motifs is 1. The van der Waals surface area contributed by atoms with Crippen molar-refractivity contribution in [3.05, 3.63) is 54.4 Å². The second-order valence-corrected chi connectivity index (χ2v) is 4.36. The molecule has 0 fully saturated rings. The normalized spacial score (nSPS) is 11.2. The molecule has 0 radical (unpaired) electrons. The van der Waals surface area contributed by atoms with Gasteiger partial charge in [-0.2, -0.15) is 0 Å². The first kappa shape index (κ1) is 12.4. The maximum atomic E-state index is 5.41. The van der Waals surface area contributed by atoms with Crippen LogP contribution in [-0.4, -0.2) is 22.8 Å². The van der Waals surface area contributed by atoms with Gasteiger partial charge in [0.1, 0.15) is 5.75 Å². The van der Waals surface area contributed by atoms with Gasteiger partial charge in [-0.05, 0) is 55.0 Å². The van der Waals surface area contributed by atoms with E-state index in [0.29, 0.717) is 6.61 Å². The van der Waals surface area contributed by atoms with Crippen molar-refractivity contribution >= 4 is 22.9 Å². The average Bonchev–Trinajstić information content (AvgIpc) is 2.94. The zero-order chi connectivity index (χ0) is 13.8. The number of aromatic nitrogens is 2. The van der Waals surface area contributed by atoms with E-state index in [2.05, 4.69) is 15.0 Å². The summed E-state index contributed by atoms with van der Waals surface area (Å²) in [6.45, 7) is 2.65. The lowest BCUT2D eigenvalue weighted by molar-refractivity contribution is 0.340. The summed E-state index contributed by atoms with van der Waals surface area (Å²) in [7, 11) is 0. The van der Waals surface area contributed by atoms with Crippen LogP contribution in [0.5, 0.6) is 5.75 Å². The molecule has 4 nitrogen and oxygen atoms in total. The van der Waals surface area contributed by atoms with Crippen molar-refractivity contribution in [1.82, 2.24) is 9.97 Å². The number of hydrogen-bond donors (Lipinski definition) is 1. The number of H-pyrrole nitrogens is 1. The quantitative estimate of drug-likeness (QED) is 0.731. The van der Waals surface area contributed by atoms with Gasteiger partial charge in [0.25, 0.3) is 0 Å². The molecule has 0 aliphatic rings. The van der Waals surface area contributed by atoms with Gasteiger partial charge in [-0.1, -0.05) is 0 Å². The van der Waals surface area contributed by atoms with Gasteiger partial charge in [0.15, 0.2) is 0 Å². The van der Waals surface area contributed by atoms with Crippen molar-refractivity contribution in [1.29, 1.82) is 0 Å². The van der Waals surface area contributed by atoms with E-state index in [-0.39, 0.29) is 0 Å². The van der Waals surface area contributed by atoms with Crippen molar-refractivity contribution in [3.63, 3.8) is 0 Å². The van der Waals surface area contributed by atoms with E-state index in [9.17, 15) is 0 Å². The van der Waals surface area contributed by atoms with Crippen LogP contribution < -0.4 is 4.74 Å². The van der Waals surface area contributed by atoms with Gasteiger partial charge in [-0.3, -0.25) is 4.99 Å². The summed E-state index contributed by atoms with van der Waals surface area (Å²) in [6, 6.07) is 13.8. The minimum atomic E-state index is 0.678. The maximum Gasteiger partial charge on any atom is 0.119 e. The fourth-order valence-corrected chi connectivity index (χ4v) is 1.97. The minimum absolute atomic E-state index is 0.678. The number of ether oxygens (including phenoxy) is 1. The highest BCUT2D eigenvalue weighted by Crippen LogP contribution is 2.18. The Bertz CT molecular complexity index is 729. The average molecular weight is 265 g/mol. The molecule has 1 N–H and O–H groups in total. The maximum absolute atomic E-state index is 5.41.